The van der Waals surface area contributed by atoms with Crippen molar-refractivity contribution in [2.24, 2.45) is 0 Å². The molecule has 2 aliphatic rings. The fraction of sp³-hybridized carbons (Fsp3) is 0.786. The lowest BCUT2D eigenvalue weighted by Crippen LogP contribution is -2.50. The van der Waals surface area contributed by atoms with E-state index in [0.29, 0.717) is 24.2 Å². The Balaban J connectivity index is 1.45. The van der Waals surface area contributed by atoms with E-state index in [-0.39, 0.29) is 5.91 Å². The van der Waals surface area contributed by atoms with Gasteiger partial charge in [0.15, 0.2) is 5.82 Å². The van der Waals surface area contributed by atoms with E-state index in [1.807, 2.05) is 11.8 Å². The Hall–Kier alpha value is -1.43. The van der Waals surface area contributed by atoms with Gasteiger partial charge in [-0.1, -0.05) is 18.0 Å². The molecule has 0 radical (unpaired) electrons. The van der Waals surface area contributed by atoms with Gasteiger partial charge in [0.2, 0.25) is 11.8 Å². The average Bonchev–Trinajstić information content (AvgIpc) is 2.66. The first-order valence-corrected chi connectivity index (χ1v) is 7.53. The number of rotatable bonds is 3. The molecule has 0 aromatic carbocycles. The van der Waals surface area contributed by atoms with Crippen molar-refractivity contribution >= 4 is 5.91 Å². The van der Waals surface area contributed by atoms with E-state index in [2.05, 4.69) is 15.0 Å². The monoisotopic (exact) mass is 278 g/mol. The predicted octanol–water partition coefficient (Wildman–Crippen LogP) is 1.18. The number of amides is 1. The number of aryl methyl sites for hydroxylation is 1. The molecule has 2 saturated heterocycles. The largest absolute Gasteiger partial charge is 0.342 e. The number of carbonyl (C=O) groups excluding carboxylic acids is 1. The van der Waals surface area contributed by atoms with Gasteiger partial charge in [0.1, 0.15) is 0 Å². The Morgan fingerprint density at radius 3 is 2.55 bits per heavy atom. The lowest BCUT2D eigenvalue weighted by atomic mass is 10.0. The SMILES string of the molecule is Cc1noc(C2CN(CC(=O)N3CCCCCC3)C2)n1. The molecule has 0 spiro atoms. The molecule has 1 aromatic heterocycles. The maximum absolute atomic E-state index is 12.2. The summed E-state index contributed by atoms with van der Waals surface area (Å²) in [5.74, 6) is 1.96. The highest BCUT2D eigenvalue weighted by atomic mass is 16.5. The highest BCUT2D eigenvalue weighted by Gasteiger charge is 2.34. The number of nitrogens with zero attached hydrogens (tertiary/aromatic N) is 4. The first kappa shape index (κ1) is 13.5. The second-order valence-electron chi connectivity index (χ2n) is 5.87. The number of aromatic nitrogens is 2. The summed E-state index contributed by atoms with van der Waals surface area (Å²) in [4.78, 5) is 20.7. The van der Waals surface area contributed by atoms with Gasteiger partial charge in [-0.3, -0.25) is 9.69 Å². The molecule has 3 rings (SSSR count). The molecule has 6 nitrogen and oxygen atoms in total. The van der Waals surface area contributed by atoms with E-state index in [4.69, 9.17) is 4.52 Å². The van der Waals surface area contributed by atoms with Crippen molar-refractivity contribution < 1.29 is 9.32 Å². The second kappa shape index (κ2) is 5.91. The van der Waals surface area contributed by atoms with Gasteiger partial charge in [-0.05, 0) is 19.8 Å². The highest BCUT2D eigenvalue weighted by Crippen LogP contribution is 2.25. The lowest BCUT2D eigenvalue weighted by molar-refractivity contribution is -0.133. The Bertz CT molecular complexity index is 459. The molecule has 0 unspecified atom stereocenters. The quantitative estimate of drug-likeness (QED) is 0.831. The molecule has 110 valence electrons. The van der Waals surface area contributed by atoms with Gasteiger partial charge in [0.05, 0.1) is 12.5 Å². The standard InChI is InChI=1S/C14H22N4O2/c1-11-15-14(20-16-11)12-8-17(9-12)10-13(19)18-6-4-2-3-5-7-18/h12H,2-10H2,1H3. The average molecular weight is 278 g/mol. The van der Waals surface area contributed by atoms with Crippen LogP contribution in [0.15, 0.2) is 4.52 Å². The molecule has 6 heteroatoms. The number of likely N-dealkylation sites (tertiary alicyclic amines) is 2. The normalized spacial score (nSPS) is 21.6. The van der Waals surface area contributed by atoms with E-state index < -0.39 is 0 Å². The Morgan fingerprint density at radius 1 is 1.25 bits per heavy atom. The summed E-state index contributed by atoms with van der Waals surface area (Å²) >= 11 is 0. The van der Waals surface area contributed by atoms with Gasteiger partial charge in [-0.25, -0.2) is 0 Å². The molecule has 0 bridgehead atoms. The number of carbonyl (C=O) groups is 1. The summed E-state index contributed by atoms with van der Waals surface area (Å²) in [6.07, 6.45) is 4.81. The van der Waals surface area contributed by atoms with Crippen LogP contribution in [0.2, 0.25) is 0 Å². The third-order valence-electron chi connectivity index (χ3n) is 4.17. The van der Waals surface area contributed by atoms with Crippen LogP contribution in [0.1, 0.15) is 43.3 Å². The fourth-order valence-corrected chi connectivity index (χ4v) is 2.95. The van der Waals surface area contributed by atoms with Gasteiger partial charge in [0, 0.05) is 26.2 Å². The van der Waals surface area contributed by atoms with Crippen LogP contribution in [0.3, 0.4) is 0 Å². The first-order chi connectivity index (χ1) is 9.72. The molecule has 0 aliphatic carbocycles. The van der Waals surface area contributed by atoms with Crippen molar-refractivity contribution in [3.8, 4) is 0 Å². The van der Waals surface area contributed by atoms with Gasteiger partial charge in [-0.15, -0.1) is 0 Å². The van der Waals surface area contributed by atoms with Crippen molar-refractivity contribution in [3.05, 3.63) is 11.7 Å². The van der Waals surface area contributed by atoms with Gasteiger partial charge in [0.25, 0.3) is 0 Å². The predicted molar refractivity (Wildman–Crippen MR) is 73.3 cm³/mol. The molecule has 0 atom stereocenters. The van der Waals surface area contributed by atoms with E-state index >= 15 is 0 Å². The third kappa shape index (κ3) is 3.00. The van der Waals surface area contributed by atoms with Gasteiger partial charge >= 0.3 is 0 Å². The zero-order chi connectivity index (χ0) is 13.9. The molecular weight excluding hydrogens is 256 g/mol. The lowest BCUT2D eigenvalue weighted by Gasteiger charge is -2.37. The summed E-state index contributed by atoms with van der Waals surface area (Å²) in [7, 11) is 0. The van der Waals surface area contributed by atoms with Crippen LogP contribution in [0.4, 0.5) is 0 Å². The molecule has 0 saturated carbocycles. The first-order valence-electron chi connectivity index (χ1n) is 7.53. The minimum absolute atomic E-state index is 0.270. The van der Waals surface area contributed by atoms with Crippen LogP contribution in [-0.2, 0) is 4.79 Å². The summed E-state index contributed by atoms with van der Waals surface area (Å²) in [5.41, 5.74) is 0. The van der Waals surface area contributed by atoms with Crippen LogP contribution in [0.5, 0.6) is 0 Å². The molecule has 0 N–H and O–H groups in total. The Kier molecular flexibility index (Phi) is 4.00. The van der Waals surface area contributed by atoms with E-state index in [0.717, 1.165) is 39.0 Å². The number of hydrogen-bond acceptors (Lipinski definition) is 5. The molecule has 1 aromatic rings. The third-order valence-corrected chi connectivity index (χ3v) is 4.17. The van der Waals surface area contributed by atoms with Crippen molar-refractivity contribution in [3.63, 3.8) is 0 Å². The van der Waals surface area contributed by atoms with Gasteiger partial charge < -0.3 is 9.42 Å². The fourth-order valence-electron chi connectivity index (χ4n) is 2.95. The minimum Gasteiger partial charge on any atom is -0.342 e. The summed E-state index contributed by atoms with van der Waals surface area (Å²) in [5, 5.41) is 3.81. The van der Waals surface area contributed by atoms with Crippen LogP contribution < -0.4 is 0 Å². The summed E-state index contributed by atoms with van der Waals surface area (Å²) < 4.78 is 5.17. The maximum Gasteiger partial charge on any atom is 0.236 e. The molecular formula is C14H22N4O2. The number of hydrogen-bond donors (Lipinski definition) is 0. The van der Waals surface area contributed by atoms with E-state index in [1.165, 1.54) is 12.8 Å². The molecule has 20 heavy (non-hydrogen) atoms. The Morgan fingerprint density at radius 2 is 1.95 bits per heavy atom. The van der Waals surface area contributed by atoms with E-state index in [1.54, 1.807) is 0 Å². The van der Waals surface area contributed by atoms with Crippen molar-refractivity contribution in [2.75, 3.05) is 32.7 Å². The van der Waals surface area contributed by atoms with Gasteiger partial charge in [-0.2, -0.15) is 4.98 Å². The highest BCUT2D eigenvalue weighted by molar-refractivity contribution is 5.78. The summed E-state index contributed by atoms with van der Waals surface area (Å²) in [6, 6.07) is 0. The maximum atomic E-state index is 12.2. The van der Waals surface area contributed by atoms with Crippen molar-refractivity contribution in [2.45, 2.75) is 38.5 Å². The Labute approximate surface area is 119 Å². The zero-order valence-electron chi connectivity index (χ0n) is 12.0. The zero-order valence-corrected chi connectivity index (χ0v) is 12.0. The molecule has 1 amide bonds. The molecule has 2 aliphatic heterocycles. The van der Waals surface area contributed by atoms with Crippen molar-refractivity contribution in [1.29, 1.82) is 0 Å². The second-order valence-corrected chi connectivity index (χ2v) is 5.87. The van der Waals surface area contributed by atoms with Crippen LogP contribution >= 0.6 is 0 Å². The molecule has 3 heterocycles. The smallest absolute Gasteiger partial charge is 0.236 e. The van der Waals surface area contributed by atoms with E-state index in [9.17, 15) is 4.79 Å². The van der Waals surface area contributed by atoms with Crippen LogP contribution in [0.25, 0.3) is 0 Å². The van der Waals surface area contributed by atoms with Crippen molar-refractivity contribution in [1.82, 2.24) is 19.9 Å². The van der Waals surface area contributed by atoms with Crippen LogP contribution in [-0.4, -0.2) is 58.6 Å². The summed E-state index contributed by atoms with van der Waals surface area (Å²) in [6.45, 7) is 5.91. The van der Waals surface area contributed by atoms with Crippen LogP contribution in [0, 0.1) is 6.92 Å². The minimum atomic E-state index is 0.270. The molecule has 2 fully saturated rings. The topological polar surface area (TPSA) is 62.5 Å².